The molecule has 0 atom stereocenters. The minimum absolute atomic E-state index is 0.499. The summed E-state index contributed by atoms with van der Waals surface area (Å²) in [4.78, 5) is 7.64. The molecule has 4 heteroatoms. The predicted molar refractivity (Wildman–Crippen MR) is 87.3 cm³/mol. The number of fused-ring (bicyclic) bond motifs is 1. The van der Waals surface area contributed by atoms with Crippen molar-refractivity contribution in [2.75, 3.05) is 7.11 Å². The maximum absolute atomic E-state index is 9.42. The third-order valence-corrected chi connectivity index (χ3v) is 3.45. The fourth-order valence-corrected chi connectivity index (χ4v) is 2.23. The molecule has 0 aliphatic heterocycles. The zero-order chi connectivity index (χ0) is 15.5. The molecule has 0 bridgehead atoms. The molecule has 0 saturated carbocycles. The van der Waals surface area contributed by atoms with Gasteiger partial charge >= 0.3 is 0 Å². The van der Waals surface area contributed by atoms with E-state index in [1.54, 1.807) is 7.11 Å². The quantitative estimate of drug-likeness (QED) is 0.743. The molecule has 0 saturated heterocycles. The first-order chi connectivity index (χ1) is 10.7. The highest BCUT2D eigenvalue weighted by atomic mass is 16.5. The zero-order valence-corrected chi connectivity index (χ0v) is 12.4. The third-order valence-electron chi connectivity index (χ3n) is 3.45. The number of imidazole rings is 1. The number of nitrogens with one attached hydrogen (secondary N) is 1. The number of hydrogen-bond acceptors (Lipinski definition) is 3. The lowest BCUT2D eigenvalue weighted by Gasteiger charge is -1.97. The molecule has 108 valence electrons. The lowest BCUT2D eigenvalue weighted by molar-refractivity contribution is 0.415. The van der Waals surface area contributed by atoms with Crippen molar-refractivity contribution in [1.29, 1.82) is 5.26 Å². The summed E-state index contributed by atoms with van der Waals surface area (Å²) in [5, 5.41) is 9.42. The summed E-state index contributed by atoms with van der Waals surface area (Å²) in [6, 6.07) is 15.8. The second-order valence-electron chi connectivity index (χ2n) is 5.05. The summed E-state index contributed by atoms with van der Waals surface area (Å²) >= 11 is 0. The molecule has 22 heavy (non-hydrogen) atoms. The summed E-state index contributed by atoms with van der Waals surface area (Å²) in [5.74, 6) is 1.31. The molecule has 0 aliphatic rings. The molecular formula is C18H15N3O. The number of hydrogen-bond donors (Lipinski definition) is 1. The first-order valence-corrected chi connectivity index (χ1v) is 6.92. The molecular weight excluding hydrogens is 274 g/mol. The van der Waals surface area contributed by atoms with Crippen LogP contribution in [0, 0.1) is 18.3 Å². The molecule has 1 N–H and O–H groups in total. The Labute approximate surface area is 128 Å². The van der Waals surface area contributed by atoms with Crippen LogP contribution in [-0.2, 0) is 0 Å². The Balaban J connectivity index is 2.03. The highest BCUT2D eigenvalue weighted by molar-refractivity contribution is 5.90. The second kappa shape index (κ2) is 5.74. The largest absolute Gasteiger partial charge is 0.497 e. The number of aromatic nitrogens is 2. The highest BCUT2D eigenvalue weighted by Gasteiger charge is 2.08. The summed E-state index contributed by atoms with van der Waals surface area (Å²) in [5.41, 5.74) is 4.31. The van der Waals surface area contributed by atoms with Crippen molar-refractivity contribution in [3.8, 4) is 11.8 Å². The van der Waals surface area contributed by atoms with Gasteiger partial charge < -0.3 is 9.72 Å². The predicted octanol–water partition coefficient (Wildman–Crippen LogP) is 3.94. The molecule has 0 unspecified atom stereocenters. The fraction of sp³-hybridized carbons (Fsp3) is 0.111. The van der Waals surface area contributed by atoms with E-state index < -0.39 is 0 Å². The monoisotopic (exact) mass is 289 g/mol. The summed E-state index contributed by atoms with van der Waals surface area (Å²) < 4.78 is 5.20. The summed E-state index contributed by atoms with van der Waals surface area (Å²) in [7, 11) is 1.62. The first kappa shape index (κ1) is 13.9. The number of H-pyrrole nitrogens is 1. The molecule has 1 heterocycles. The Kier molecular flexibility index (Phi) is 3.63. The Morgan fingerprint density at radius 2 is 2.00 bits per heavy atom. The SMILES string of the molecule is COc1ccc2nc(/C(C#N)=C\c3ccc(C)cc3)[nH]c2c1. The van der Waals surface area contributed by atoms with E-state index in [9.17, 15) is 5.26 Å². The number of rotatable bonds is 3. The number of benzene rings is 2. The fourth-order valence-electron chi connectivity index (χ4n) is 2.23. The summed E-state index contributed by atoms with van der Waals surface area (Å²) in [6.45, 7) is 2.03. The van der Waals surface area contributed by atoms with Gasteiger partial charge in [0, 0.05) is 6.07 Å². The van der Waals surface area contributed by atoms with Gasteiger partial charge in [-0.3, -0.25) is 0 Å². The minimum atomic E-state index is 0.499. The van der Waals surface area contributed by atoms with Gasteiger partial charge in [0.05, 0.1) is 23.7 Å². The van der Waals surface area contributed by atoms with Crippen LogP contribution in [0.15, 0.2) is 42.5 Å². The molecule has 0 radical (unpaired) electrons. The maximum atomic E-state index is 9.42. The van der Waals surface area contributed by atoms with E-state index >= 15 is 0 Å². The van der Waals surface area contributed by atoms with Crippen LogP contribution in [0.5, 0.6) is 5.75 Å². The number of nitriles is 1. The van der Waals surface area contributed by atoms with Crippen molar-refractivity contribution in [3.05, 3.63) is 59.4 Å². The topological polar surface area (TPSA) is 61.7 Å². The molecule has 3 rings (SSSR count). The number of methoxy groups -OCH3 is 1. The minimum Gasteiger partial charge on any atom is -0.497 e. The molecule has 0 amide bonds. The molecule has 3 aromatic rings. The van der Waals surface area contributed by atoms with Crippen LogP contribution >= 0.6 is 0 Å². The van der Waals surface area contributed by atoms with Crippen LogP contribution in [0.4, 0.5) is 0 Å². The maximum Gasteiger partial charge on any atom is 0.149 e. The highest BCUT2D eigenvalue weighted by Crippen LogP contribution is 2.22. The average molecular weight is 289 g/mol. The van der Waals surface area contributed by atoms with Crippen molar-refractivity contribution >= 4 is 22.7 Å². The normalized spacial score (nSPS) is 11.4. The Bertz CT molecular complexity index is 883. The molecule has 1 aromatic heterocycles. The Morgan fingerprint density at radius 1 is 1.23 bits per heavy atom. The van der Waals surface area contributed by atoms with Crippen LogP contribution in [0.1, 0.15) is 17.0 Å². The lowest BCUT2D eigenvalue weighted by Crippen LogP contribution is -1.85. The van der Waals surface area contributed by atoms with E-state index in [1.165, 1.54) is 5.56 Å². The van der Waals surface area contributed by atoms with Crippen molar-refractivity contribution in [2.24, 2.45) is 0 Å². The van der Waals surface area contributed by atoms with Gasteiger partial charge in [-0.2, -0.15) is 5.26 Å². The number of ether oxygens (including phenoxy) is 1. The van der Waals surface area contributed by atoms with Crippen molar-refractivity contribution in [2.45, 2.75) is 6.92 Å². The zero-order valence-electron chi connectivity index (χ0n) is 12.4. The van der Waals surface area contributed by atoms with E-state index in [-0.39, 0.29) is 0 Å². The molecule has 0 spiro atoms. The van der Waals surface area contributed by atoms with Crippen LogP contribution in [-0.4, -0.2) is 17.1 Å². The number of aromatic amines is 1. The Hall–Kier alpha value is -3.06. The van der Waals surface area contributed by atoms with Gasteiger partial charge in [0.25, 0.3) is 0 Å². The van der Waals surface area contributed by atoms with Crippen molar-refractivity contribution in [1.82, 2.24) is 9.97 Å². The second-order valence-corrected chi connectivity index (χ2v) is 5.05. The van der Waals surface area contributed by atoms with Crippen LogP contribution in [0.2, 0.25) is 0 Å². The number of aryl methyl sites for hydroxylation is 1. The molecule has 4 nitrogen and oxygen atoms in total. The van der Waals surface area contributed by atoms with Crippen molar-refractivity contribution < 1.29 is 4.74 Å². The number of allylic oxidation sites excluding steroid dienone is 1. The average Bonchev–Trinajstić information content (AvgIpc) is 2.97. The smallest absolute Gasteiger partial charge is 0.149 e. The van der Waals surface area contributed by atoms with Gasteiger partial charge in [-0.15, -0.1) is 0 Å². The Morgan fingerprint density at radius 3 is 2.68 bits per heavy atom. The first-order valence-electron chi connectivity index (χ1n) is 6.92. The van der Waals surface area contributed by atoms with Gasteiger partial charge in [0.2, 0.25) is 0 Å². The van der Waals surface area contributed by atoms with Gasteiger partial charge in [0.15, 0.2) is 0 Å². The van der Waals surface area contributed by atoms with E-state index in [0.29, 0.717) is 11.4 Å². The van der Waals surface area contributed by atoms with Gasteiger partial charge in [-0.25, -0.2) is 4.98 Å². The summed E-state index contributed by atoms with van der Waals surface area (Å²) in [6.07, 6.45) is 1.83. The third kappa shape index (κ3) is 2.70. The van der Waals surface area contributed by atoms with E-state index in [0.717, 1.165) is 22.3 Å². The standard InChI is InChI=1S/C18H15N3O/c1-12-3-5-13(6-4-12)9-14(11-19)18-20-16-8-7-15(22-2)10-17(16)21-18/h3-10H,1-2H3,(H,20,21)/b14-9-. The van der Waals surface area contributed by atoms with Crippen LogP contribution in [0.3, 0.4) is 0 Å². The lowest BCUT2D eigenvalue weighted by atomic mass is 10.1. The molecule has 2 aromatic carbocycles. The van der Waals surface area contributed by atoms with Gasteiger partial charge in [-0.1, -0.05) is 29.8 Å². The van der Waals surface area contributed by atoms with E-state index in [2.05, 4.69) is 16.0 Å². The number of nitrogens with zero attached hydrogens (tertiary/aromatic N) is 2. The van der Waals surface area contributed by atoms with E-state index in [4.69, 9.17) is 4.74 Å². The van der Waals surface area contributed by atoms with Crippen LogP contribution < -0.4 is 4.74 Å². The van der Waals surface area contributed by atoms with E-state index in [1.807, 2.05) is 55.5 Å². The molecule has 0 fully saturated rings. The van der Waals surface area contributed by atoms with Gasteiger partial charge in [0.1, 0.15) is 17.6 Å². The molecule has 0 aliphatic carbocycles. The van der Waals surface area contributed by atoms with Crippen LogP contribution in [0.25, 0.3) is 22.7 Å². The van der Waals surface area contributed by atoms with Gasteiger partial charge in [-0.05, 0) is 30.7 Å². The van der Waals surface area contributed by atoms with Crippen molar-refractivity contribution in [3.63, 3.8) is 0 Å².